The number of hydrogen-bond donors (Lipinski definition) is 2. The third-order valence-corrected chi connectivity index (χ3v) is 4.02. The lowest BCUT2D eigenvalue weighted by atomic mass is 10.0. The molecule has 2 N–H and O–H groups in total. The summed E-state index contributed by atoms with van der Waals surface area (Å²) in [5.74, 6) is -0.146. The molecule has 0 unspecified atom stereocenters. The third kappa shape index (κ3) is 6.42. The van der Waals surface area contributed by atoms with Crippen molar-refractivity contribution < 1.29 is 4.79 Å². The minimum Gasteiger partial charge on any atom is -0.376 e. The van der Waals surface area contributed by atoms with E-state index in [4.69, 9.17) is 0 Å². The Bertz CT molecular complexity index is 695. The zero-order chi connectivity index (χ0) is 17.9. The number of unbranched alkanes of at least 4 members (excludes halogenated alkanes) is 2. The van der Waals surface area contributed by atoms with E-state index in [0.29, 0.717) is 0 Å². The summed E-state index contributed by atoms with van der Waals surface area (Å²) in [5.41, 5.74) is 6.75. The number of amides is 1. The number of rotatable bonds is 9. The Morgan fingerprint density at radius 1 is 1.00 bits per heavy atom. The molecule has 2 aromatic carbocycles. The highest BCUT2D eigenvalue weighted by molar-refractivity contribution is 6.01. The number of nitrogens with one attached hydrogen (secondary N) is 2. The molecule has 2 aromatic rings. The summed E-state index contributed by atoms with van der Waals surface area (Å²) in [5, 5.41) is 7.52. The summed E-state index contributed by atoms with van der Waals surface area (Å²) in [7, 11) is 0. The quantitative estimate of drug-likeness (QED) is 0.402. The van der Waals surface area contributed by atoms with Crippen molar-refractivity contribution >= 4 is 17.3 Å². The molecular weight excluding hydrogens is 310 g/mol. The van der Waals surface area contributed by atoms with E-state index in [0.717, 1.165) is 48.2 Å². The van der Waals surface area contributed by atoms with E-state index in [9.17, 15) is 4.79 Å². The minimum absolute atomic E-state index is 0.146. The van der Waals surface area contributed by atoms with Crippen molar-refractivity contribution in [3.05, 3.63) is 65.7 Å². The summed E-state index contributed by atoms with van der Waals surface area (Å²) in [6.45, 7) is 4.39. The predicted octanol–water partition coefficient (Wildman–Crippen LogP) is 4.51. The van der Waals surface area contributed by atoms with Crippen LogP contribution >= 0.6 is 0 Å². The van der Waals surface area contributed by atoms with Gasteiger partial charge in [0.15, 0.2) is 0 Å². The third-order valence-electron chi connectivity index (χ3n) is 4.02. The molecule has 0 spiro atoms. The number of nitrogens with zero attached hydrogens (tertiary/aromatic N) is 1. The molecule has 0 aromatic heterocycles. The Kier molecular flexibility index (Phi) is 7.70. The smallest absolute Gasteiger partial charge is 0.259 e. The van der Waals surface area contributed by atoms with Crippen LogP contribution in [-0.4, -0.2) is 18.2 Å². The Morgan fingerprint density at radius 2 is 1.72 bits per heavy atom. The van der Waals surface area contributed by atoms with Crippen molar-refractivity contribution in [2.24, 2.45) is 5.10 Å². The number of para-hydroxylation sites is 1. The van der Waals surface area contributed by atoms with E-state index < -0.39 is 0 Å². The molecule has 0 aliphatic rings. The molecule has 0 saturated heterocycles. The van der Waals surface area contributed by atoms with Crippen molar-refractivity contribution in [2.45, 2.75) is 39.5 Å². The van der Waals surface area contributed by atoms with Crippen molar-refractivity contribution in [3.8, 4) is 0 Å². The highest BCUT2D eigenvalue weighted by Gasteiger charge is 2.06. The first-order chi connectivity index (χ1) is 12.2. The number of hydrazone groups is 1. The number of aryl methyl sites for hydroxylation is 1. The zero-order valence-corrected chi connectivity index (χ0v) is 15.1. The van der Waals surface area contributed by atoms with E-state index in [1.807, 2.05) is 61.5 Å². The second-order valence-electron chi connectivity index (χ2n) is 6.09. The lowest BCUT2D eigenvalue weighted by molar-refractivity contribution is -0.119. The number of carbonyl (C=O) groups excluding carboxylic acids is 1. The van der Waals surface area contributed by atoms with Crippen LogP contribution in [0.15, 0.2) is 59.7 Å². The van der Waals surface area contributed by atoms with E-state index in [2.05, 4.69) is 22.8 Å². The Morgan fingerprint density at radius 3 is 2.44 bits per heavy atom. The largest absolute Gasteiger partial charge is 0.376 e. The molecule has 0 aliphatic carbocycles. The minimum atomic E-state index is -0.146. The molecule has 0 saturated carbocycles. The Balaban J connectivity index is 1.94. The van der Waals surface area contributed by atoms with E-state index >= 15 is 0 Å². The zero-order valence-electron chi connectivity index (χ0n) is 15.1. The Hall–Kier alpha value is -2.62. The fourth-order valence-corrected chi connectivity index (χ4v) is 2.55. The normalized spacial score (nSPS) is 11.2. The average molecular weight is 337 g/mol. The second-order valence-corrected chi connectivity index (χ2v) is 6.09. The predicted molar refractivity (Wildman–Crippen MR) is 105 cm³/mol. The van der Waals surface area contributed by atoms with Crippen molar-refractivity contribution in [1.29, 1.82) is 0 Å². The summed E-state index contributed by atoms with van der Waals surface area (Å²) in [4.78, 5) is 12.1. The van der Waals surface area contributed by atoms with Crippen LogP contribution in [0.4, 0.5) is 5.69 Å². The van der Waals surface area contributed by atoms with Crippen molar-refractivity contribution in [2.75, 3.05) is 11.9 Å². The van der Waals surface area contributed by atoms with Gasteiger partial charge in [0.2, 0.25) is 0 Å². The van der Waals surface area contributed by atoms with Crippen LogP contribution in [0.1, 0.15) is 43.7 Å². The summed E-state index contributed by atoms with van der Waals surface area (Å²) >= 11 is 0. The number of carbonyl (C=O) groups is 1. The van der Waals surface area contributed by atoms with Gasteiger partial charge in [0.1, 0.15) is 0 Å². The van der Waals surface area contributed by atoms with Gasteiger partial charge in [-0.25, -0.2) is 5.43 Å². The van der Waals surface area contributed by atoms with Crippen LogP contribution in [0.25, 0.3) is 0 Å². The first-order valence-corrected chi connectivity index (χ1v) is 8.91. The molecule has 0 heterocycles. The molecule has 0 atom stereocenters. The van der Waals surface area contributed by atoms with Crippen LogP contribution in [0.2, 0.25) is 0 Å². The standard InChI is InChI=1S/C21H27N3O/c1-3-4-6-15-20(18-12-7-5-8-13-18)23-24-21(25)16-22-19-14-10-9-11-17(19)2/h5,7-14,22H,3-4,6,15-16H2,1-2H3,(H,24,25)/b23-20+. The topological polar surface area (TPSA) is 53.5 Å². The number of anilines is 1. The highest BCUT2D eigenvalue weighted by Crippen LogP contribution is 2.12. The fourth-order valence-electron chi connectivity index (χ4n) is 2.55. The van der Waals surface area contributed by atoms with Crippen LogP contribution in [-0.2, 0) is 4.79 Å². The van der Waals surface area contributed by atoms with E-state index in [-0.39, 0.29) is 12.5 Å². The lowest BCUT2D eigenvalue weighted by Gasteiger charge is -2.10. The van der Waals surface area contributed by atoms with E-state index in [1.165, 1.54) is 0 Å². The molecular formula is C21H27N3O. The van der Waals surface area contributed by atoms with E-state index in [1.54, 1.807) is 0 Å². The average Bonchev–Trinajstić information content (AvgIpc) is 2.64. The van der Waals surface area contributed by atoms with Gasteiger partial charge in [0.05, 0.1) is 12.3 Å². The van der Waals surface area contributed by atoms with Gasteiger partial charge in [-0.2, -0.15) is 5.10 Å². The first-order valence-electron chi connectivity index (χ1n) is 8.91. The van der Waals surface area contributed by atoms with Gasteiger partial charge in [0, 0.05) is 5.69 Å². The second kappa shape index (κ2) is 10.3. The summed E-state index contributed by atoms with van der Waals surface area (Å²) in [6.07, 6.45) is 4.26. The molecule has 25 heavy (non-hydrogen) atoms. The molecule has 0 aliphatic heterocycles. The molecule has 0 fully saturated rings. The molecule has 0 radical (unpaired) electrons. The first kappa shape index (κ1) is 18.7. The van der Waals surface area contributed by atoms with Gasteiger partial charge < -0.3 is 5.32 Å². The van der Waals surface area contributed by atoms with Crippen LogP contribution in [0.3, 0.4) is 0 Å². The van der Waals surface area contributed by atoms with Crippen molar-refractivity contribution in [1.82, 2.24) is 5.43 Å². The highest BCUT2D eigenvalue weighted by atomic mass is 16.2. The van der Waals surface area contributed by atoms with Gasteiger partial charge in [-0.15, -0.1) is 0 Å². The fraction of sp³-hybridized carbons (Fsp3) is 0.333. The van der Waals surface area contributed by atoms with Crippen LogP contribution < -0.4 is 10.7 Å². The molecule has 4 heteroatoms. The molecule has 0 bridgehead atoms. The molecule has 4 nitrogen and oxygen atoms in total. The monoisotopic (exact) mass is 337 g/mol. The number of benzene rings is 2. The number of hydrogen-bond acceptors (Lipinski definition) is 3. The maximum atomic E-state index is 12.1. The Labute approximate surface area is 150 Å². The van der Waals surface area contributed by atoms with Gasteiger partial charge in [-0.3, -0.25) is 4.79 Å². The maximum Gasteiger partial charge on any atom is 0.259 e. The van der Waals surface area contributed by atoms with Crippen LogP contribution in [0.5, 0.6) is 0 Å². The maximum absolute atomic E-state index is 12.1. The molecule has 2 rings (SSSR count). The molecule has 132 valence electrons. The van der Waals surface area contributed by atoms with Gasteiger partial charge in [-0.05, 0) is 37.0 Å². The van der Waals surface area contributed by atoms with Gasteiger partial charge >= 0.3 is 0 Å². The SMILES string of the molecule is CCCCC/C(=N\NC(=O)CNc1ccccc1C)c1ccccc1. The van der Waals surface area contributed by atoms with Crippen molar-refractivity contribution in [3.63, 3.8) is 0 Å². The van der Waals surface area contributed by atoms with Gasteiger partial charge in [0.25, 0.3) is 5.91 Å². The summed E-state index contributed by atoms with van der Waals surface area (Å²) in [6, 6.07) is 17.9. The lowest BCUT2D eigenvalue weighted by Crippen LogP contribution is -2.27. The molecule has 1 amide bonds. The van der Waals surface area contributed by atoms with Gasteiger partial charge in [-0.1, -0.05) is 68.3 Å². The van der Waals surface area contributed by atoms with Crippen LogP contribution in [0, 0.1) is 6.92 Å². The summed E-state index contributed by atoms with van der Waals surface area (Å²) < 4.78 is 0.